The lowest BCUT2D eigenvalue weighted by Crippen LogP contribution is -2.30. The number of aliphatic hydroxyl groups is 1. The van der Waals surface area contributed by atoms with Gasteiger partial charge in [0.25, 0.3) is 0 Å². The topological polar surface area (TPSA) is 100 Å². The molecular formula is C9H11N3O2. The third-order valence-electron chi connectivity index (χ3n) is 1.70. The van der Waals surface area contributed by atoms with Crippen LogP contribution < -0.4 is 5.73 Å². The van der Waals surface area contributed by atoms with Crippen LogP contribution >= 0.6 is 0 Å². The highest BCUT2D eigenvalue weighted by atomic mass is 16.3. The number of nitrogens with one attached hydrogen (secondary N) is 1. The molecule has 0 aromatic carbocycles. The van der Waals surface area contributed by atoms with Crippen molar-refractivity contribution in [2.75, 3.05) is 0 Å². The number of rotatable bonds is 4. The van der Waals surface area contributed by atoms with Gasteiger partial charge in [-0.1, -0.05) is 6.07 Å². The first-order valence-corrected chi connectivity index (χ1v) is 4.07. The molecule has 1 aromatic heterocycles. The van der Waals surface area contributed by atoms with Gasteiger partial charge in [-0.25, -0.2) is 0 Å². The van der Waals surface area contributed by atoms with E-state index in [1.54, 1.807) is 24.4 Å². The Balaban J connectivity index is 2.64. The molecule has 0 aliphatic heterocycles. The molecule has 1 atom stereocenters. The van der Waals surface area contributed by atoms with E-state index in [0.29, 0.717) is 5.69 Å². The van der Waals surface area contributed by atoms with Crippen molar-refractivity contribution in [3.8, 4) is 0 Å². The second-order valence-electron chi connectivity index (χ2n) is 2.82. The largest absolute Gasteiger partial charge is 0.383 e. The van der Waals surface area contributed by atoms with Crippen LogP contribution in [0.4, 0.5) is 0 Å². The molecule has 5 nitrogen and oxygen atoms in total. The van der Waals surface area contributed by atoms with E-state index in [0.717, 1.165) is 0 Å². The molecule has 0 radical (unpaired) electrons. The van der Waals surface area contributed by atoms with Crippen LogP contribution in [0, 0.1) is 5.41 Å². The van der Waals surface area contributed by atoms with Crippen LogP contribution in [-0.2, 0) is 4.79 Å². The summed E-state index contributed by atoms with van der Waals surface area (Å²) in [5, 5.41) is 16.6. The minimum Gasteiger partial charge on any atom is -0.383 e. The van der Waals surface area contributed by atoms with Gasteiger partial charge in [-0.3, -0.25) is 9.78 Å². The Morgan fingerprint density at radius 2 is 2.36 bits per heavy atom. The zero-order valence-corrected chi connectivity index (χ0v) is 7.47. The van der Waals surface area contributed by atoms with E-state index in [4.69, 9.17) is 16.2 Å². The molecule has 5 heteroatoms. The molecule has 14 heavy (non-hydrogen) atoms. The Bertz CT molecular complexity index is 337. The number of hydrogen-bond acceptors (Lipinski definition) is 4. The van der Waals surface area contributed by atoms with E-state index < -0.39 is 12.0 Å². The standard InChI is InChI=1S/C9H11N3O2/c10-6(5-8(13)9(11)14)7-3-1-2-4-12-7/h1-4,8,10,13H,5H2,(H2,11,14). The SMILES string of the molecule is N=C(CC(O)C(N)=O)c1ccccn1. The number of aromatic nitrogens is 1. The van der Waals surface area contributed by atoms with Crippen LogP contribution in [0.1, 0.15) is 12.1 Å². The first-order chi connectivity index (χ1) is 6.61. The van der Waals surface area contributed by atoms with Gasteiger partial charge in [0.15, 0.2) is 0 Å². The highest BCUT2D eigenvalue weighted by Crippen LogP contribution is 2.01. The third-order valence-corrected chi connectivity index (χ3v) is 1.70. The number of pyridine rings is 1. The van der Waals surface area contributed by atoms with Crippen LogP contribution in [0.25, 0.3) is 0 Å². The molecule has 0 aliphatic rings. The monoisotopic (exact) mass is 193 g/mol. The maximum Gasteiger partial charge on any atom is 0.246 e. The molecule has 1 unspecified atom stereocenters. The number of aliphatic hydroxyl groups excluding tert-OH is 1. The van der Waals surface area contributed by atoms with Gasteiger partial charge in [-0.05, 0) is 12.1 Å². The second-order valence-corrected chi connectivity index (χ2v) is 2.82. The van der Waals surface area contributed by atoms with Crippen LogP contribution in [0.5, 0.6) is 0 Å². The fraction of sp³-hybridized carbons (Fsp3) is 0.222. The van der Waals surface area contributed by atoms with Gasteiger partial charge < -0.3 is 16.2 Å². The first-order valence-electron chi connectivity index (χ1n) is 4.07. The van der Waals surface area contributed by atoms with Gasteiger partial charge in [0.2, 0.25) is 5.91 Å². The molecule has 74 valence electrons. The fourth-order valence-electron chi connectivity index (χ4n) is 0.940. The quantitative estimate of drug-likeness (QED) is 0.571. The van der Waals surface area contributed by atoms with Gasteiger partial charge in [0.05, 0.1) is 11.4 Å². The van der Waals surface area contributed by atoms with Crippen LogP contribution in [0.15, 0.2) is 24.4 Å². The van der Waals surface area contributed by atoms with Crippen molar-refractivity contribution in [2.45, 2.75) is 12.5 Å². The highest BCUT2D eigenvalue weighted by molar-refractivity contribution is 5.99. The molecule has 0 spiro atoms. The van der Waals surface area contributed by atoms with E-state index >= 15 is 0 Å². The van der Waals surface area contributed by atoms with Crippen molar-refractivity contribution in [3.63, 3.8) is 0 Å². The molecule has 1 aromatic rings. The summed E-state index contributed by atoms with van der Waals surface area (Å²) in [6.45, 7) is 0. The van der Waals surface area contributed by atoms with Crippen molar-refractivity contribution < 1.29 is 9.90 Å². The molecule has 1 amide bonds. The average molecular weight is 193 g/mol. The number of hydrogen-bond donors (Lipinski definition) is 3. The average Bonchev–Trinajstić information content (AvgIpc) is 2.19. The molecule has 1 rings (SSSR count). The Kier molecular flexibility index (Phi) is 3.30. The Morgan fingerprint density at radius 1 is 1.64 bits per heavy atom. The summed E-state index contributed by atoms with van der Waals surface area (Å²) >= 11 is 0. The first kappa shape index (κ1) is 10.3. The van der Waals surface area contributed by atoms with Crippen molar-refractivity contribution in [1.29, 1.82) is 5.41 Å². The third kappa shape index (κ3) is 2.63. The van der Waals surface area contributed by atoms with Gasteiger partial charge in [0, 0.05) is 12.6 Å². The van der Waals surface area contributed by atoms with Gasteiger partial charge in [0.1, 0.15) is 6.10 Å². The fourth-order valence-corrected chi connectivity index (χ4v) is 0.940. The van der Waals surface area contributed by atoms with E-state index in [2.05, 4.69) is 4.98 Å². The molecule has 0 saturated heterocycles. The van der Waals surface area contributed by atoms with Gasteiger partial charge in [-0.2, -0.15) is 0 Å². The van der Waals surface area contributed by atoms with E-state index in [1.165, 1.54) is 0 Å². The summed E-state index contributed by atoms with van der Waals surface area (Å²) in [4.78, 5) is 14.4. The molecular weight excluding hydrogens is 182 g/mol. The zero-order chi connectivity index (χ0) is 10.6. The van der Waals surface area contributed by atoms with E-state index in [9.17, 15) is 4.79 Å². The number of nitrogens with zero attached hydrogens (tertiary/aromatic N) is 1. The van der Waals surface area contributed by atoms with Crippen LogP contribution in [-0.4, -0.2) is 27.8 Å². The molecule has 0 fully saturated rings. The number of carbonyl (C=O) groups excluding carboxylic acids is 1. The van der Waals surface area contributed by atoms with Crippen molar-refractivity contribution >= 4 is 11.6 Å². The summed E-state index contributed by atoms with van der Waals surface area (Å²) in [5.74, 6) is -0.828. The Labute approximate surface area is 81.1 Å². The molecule has 0 bridgehead atoms. The minimum atomic E-state index is -1.32. The highest BCUT2D eigenvalue weighted by Gasteiger charge is 2.14. The molecule has 4 N–H and O–H groups in total. The lowest BCUT2D eigenvalue weighted by molar-refractivity contribution is -0.125. The van der Waals surface area contributed by atoms with Crippen LogP contribution in [0.2, 0.25) is 0 Å². The second kappa shape index (κ2) is 4.48. The van der Waals surface area contributed by atoms with Crippen LogP contribution in [0.3, 0.4) is 0 Å². The predicted molar refractivity (Wildman–Crippen MR) is 50.9 cm³/mol. The summed E-state index contributed by atoms with van der Waals surface area (Å²) < 4.78 is 0. The normalized spacial score (nSPS) is 12.1. The minimum absolute atomic E-state index is 0.0944. The summed E-state index contributed by atoms with van der Waals surface area (Å²) in [7, 11) is 0. The van der Waals surface area contributed by atoms with Crippen molar-refractivity contribution in [1.82, 2.24) is 4.98 Å². The Morgan fingerprint density at radius 3 is 2.86 bits per heavy atom. The molecule has 1 heterocycles. The Hall–Kier alpha value is -1.75. The molecule has 0 saturated carbocycles. The summed E-state index contributed by atoms with van der Waals surface area (Å²) in [5.41, 5.74) is 5.39. The number of nitrogens with two attached hydrogens (primary N) is 1. The van der Waals surface area contributed by atoms with Gasteiger partial charge in [-0.15, -0.1) is 0 Å². The van der Waals surface area contributed by atoms with Crippen molar-refractivity contribution in [2.24, 2.45) is 5.73 Å². The lowest BCUT2D eigenvalue weighted by Gasteiger charge is -2.06. The van der Waals surface area contributed by atoms with E-state index in [-0.39, 0.29) is 12.1 Å². The zero-order valence-electron chi connectivity index (χ0n) is 7.47. The summed E-state index contributed by atoms with van der Waals surface area (Å²) in [6, 6.07) is 5.09. The number of primary amides is 1. The summed E-state index contributed by atoms with van der Waals surface area (Å²) in [6.07, 6.45) is 0.122. The maximum atomic E-state index is 10.5. The molecule has 0 aliphatic carbocycles. The van der Waals surface area contributed by atoms with E-state index in [1.807, 2.05) is 0 Å². The predicted octanol–water partition coefficient (Wildman–Crippen LogP) is -0.314. The number of amides is 1. The smallest absolute Gasteiger partial charge is 0.246 e. The van der Waals surface area contributed by atoms with Crippen molar-refractivity contribution in [3.05, 3.63) is 30.1 Å². The number of carbonyl (C=O) groups is 1. The lowest BCUT2D eigenvalue weighted by atomic mass is 10.1. The maximum absolute atomic E-state index is 10.5. The van der Waals surface area contributed by atoms with Gasteiger partial charge >= 0.3 is 0 Å².